The van der Waals surface area contributed by atoms with E-state index in [0.717, 1.165) is 17.3 Å². The molecular formula is C20H19N3O4S. The highest BCUT2D eigenvalue weighted by molar-refractivity contribution is 8.14. The number of carbonyl (C=O) groups excluding carboxylic acids is 2. The zero-order chi connectivity index (χ0) is 20.5. The molecular weight excluding hydrogens is 378 g/mol. The number of methoxy groups -OCH3 is 1. The molecule has 0 radical (unpaired) electrons. The summed E-state index contributed by atoms with van der Waals surface area (Å²) in [6, 6.07) is 13.3. The first kappa shape index (κ1) is 21.2. The lowest BCUT2D eigenvalue weighted by atomic mass is 9.79. The van der Waals surface area contributed by atoms with E-state index < -0.39 is 23.8 Å². The highest BCUT2D eigenvalue weighted by Gasteiger charge is 2.39. The van der Waals surface area contributed by atoms with E-state index in [1.165, 1.54) is 7.11 Å². The molecule has 0 saturated carbocycles. The first-order chi connectivity index (χ1) is 13.5. The van der Waals surface area contributed by atoms with Crippen LogP contribution in [0.1, 0.15) is 24.8 Å². The van der Waals surface area contributed by atoms with Crippen molar-refractivity contribution in [1.29, 1.82) is 10.5 Å². The van der Waals surface area contributed by atoms with E-state index in [2.05, 4.69) is 15.8 Å². The summed E-state index contributed by atoms with van der Waals surface area (Å²) in [6.07, 6.45) is 0.0826. The predicted octanol–water partition coefficient (Wildman–Crippen LogP) is 2.96. The first-order valence-electron chi connectivity index (χ1n) is 8.51. The molecule has 8 heteroatoms. The van der Waals surface area contributed by atoms with Crippen LogP contribution in [0, 0.1) is 28.6 Å². The van der Waals surface area contributed by atoms with Gasteiger partial charge in [0, 0.05) is 11.6 Å². The van der Waals surface area contributed by atoms with Gasteiger partial charge in [0.05, 0.1) is 42.0 Å². The Balaban J connectivity index is 2.45. The standard InChI is InChI=1S/C20H19N3O4S/c1-13-17(20(25)27-10-6-9-21)18(14-7-4-3-5-8-14)15(11-22)19(23-13)28-12-16(24)26-2/h3-5,7-8,15,18H,6,10,12H2,1-2H3. The van der Waals surface area contributed by atoms with Crippen molar-refractivity contribution in [3.63, 3.8) is 0 Å². The Morgan fingerprint density at radius 1 is 1.25 bits per heavy atom. The molecule has 0 bridgehead atoms. The van der Waals surface area contributed by atoms with Gasteiger partial charge in [-0.25, -0.2) is 9.79 Å². The van der Waals surface area contributed by atoms with Gasteiger partial charge in [0.2, 0.25) is 0 Å². The van der Waals surface area contributed by atoms with Crippen molar-refractivity contribution in [3.8, 4) is 12.1 Å². The Hall–Kier alpha value is -3.10. The smallest absolute Gasteiger partial charge is 0.336 e. The highest BCUT2D eigenvalue weighted by Crippen LogP contribution is 2.41. The lowest BCUT2D eigenvalue weighted by molar-refractivity contribution is -0.139. The molecule has 7 nitrogen and oxygen atoms in total. The van der Waals surface area contributed by atoms with Crippen molar-refractivity contribution >= 4 is 28.7 Å². The number of nitriles is 2. The molecule has 2 rings (SSSR count). The number of benzene rings is 1. The molecule has 144 valence electrons. The maximum Gasteiger partial charge on any atom is 0.336 e. The molecule has 0 saturated heterocycles. The molecule has 0 N–H and O–H groups in total. The minimum Gasteiger partial charge on any atom is -0.468 e. The van der Waals surface area contributed by atoms with Gasteiger partial charge in [0.15, 0.2) is 0 Å². The lowest BCUT2D eigenvalue weighted by Crippen LogP contribution is -2.30. The Morgan fingerprint density at radius 3 is 2.57 bits per heavy atom. The number of thioether (sulfide) groups is 1. The van der Waals surface area contributed by atoms with Gasteiger partial charge in [-0.1, -0.05) is 42.1 Å². The van der Waals surface area contributed by atoms with Crippen LogP contribution in [0.15, 0.2) is 46.6 Å². The van der Waals surface area contributed by atoms with Crippen LogP contribution >= 0.6 is 11.8 Å². The summed E-state index contributed by atoms with van der Waals surface area (Å²) >= 11 is 1.12. The minimum atomic E-state index is -0.751. The molecule has 1 aliphatic rings. The summed E-state index contributed by atoms with van der Waals surface area (Å²) in [6.45, 7) is 1.64. The zero-order valence-corrected chi connectivity index (χ0v) is 16.4. The zero-order valence-electron chi connectivity index (χ0n) is 15.5. The fraction of sp³-hybridized carbons (Fsp3) is 0.350. The van der Waals surface area contributed by atoms with Crippen LogP contribution < -0.4 is 0 Å². The molecule has 0 spiro atoms. The average Bonchev–Trinajstić information content (AvgIpc) is 2.71. The molecule has 0 aromatic heterocycles. The second-order valence-corrected chi connectivity index (χ2v) is 6.85. The van der Waals surface area contributed by atoms with Gasteiger partial charge in [0.1, 0.15) is 12.5 Å². The second-order valence-electron chi connectivity index (χ2n) is 5.85. The summed E-state index contributed by atoms with van der Waals surface area (Å²) in [5.41, 5.74) is 1.49. The first-order valence-corrected chi connectivity index (χ1v) is 9.49. The van der Waals surface area contributed by atoms with E-state index in [-0.39, 0.29) is 24.4 Å². The van der Waals surface area contributed by atoms with Crippen LogP contribution in [-0.2, 0) is 19.1 Å². The van der Waals surface area contributed by atoms with Crippen LogP contribution in [0.4, 0.5) is 0 Å². The van der Waals surface area contributed by atoms with Crippen LogP contribution in [-0.4, -0.2) is 36.5 Å². The summed E-state index contributed by atoms with van der Waals surface area (Å²) in [5.74, 6) is -2.34. The van der Waals surface area contributed by atoms with E-state index in [9.17, 15) is 14.9 Å². The number of aliphatic imine (C=N–C) groups is 1. The number of esters is 2. The van der Waals surface area contributed by atoms with E-state index in [4.69, 9.17) is 10.00 Å². The Bertz CT molecular complexity index is 881. The monoisotopic (exact) mass is 397 g/mol. The second kappa shape index (κ2) is 10.3. The molecule has 2 unspecified atom stereocenters. The molecule has 28 heavy (non-hydrogen) atoms. The van der Waals surface area contributed by atoms with E-state index in [1.807, 2.05) is 36.4 Å². The molecule has 1 aliphatic heterocycles. The number of rotatable bonds is 6. The molecule has 0 fully saturated rings. The third-order valence-electron chi connectivity index (χ3n) is 4.11. The minimum absolute atomic E-state index is 0.0181. The maximum absolute atomic E-state index is 12.7. The van der Waals surface area contributed by atoms with Crippen molar-refractivity contribution < 1.29 is 19.1 Å². The molecule has 0 amide bonds. The number of allylic oxidation sites excluding steroid dienone is 1. The van der Waals surface area contributed by atoms with Gasteiger partial charge in [-0.15, -0.1) is 0 Å². The predicted molar refractivity (Wildman–Crippen MR) is 104 cm³/mol. The van der Waals surface area contributed by atoms with Gasteiger partial charge >= 0.3 is 11.9 Å². The Morgan fingerprint density at radius 2 is 1.96 bits per heavy atom. The van der Waals surface area contributed by atoms with E-state index in [1.54, 1.807) is 6.92 Å². The molecule has 1 aromatic carbocycles. The summed E-state index contributed by atoms with van der Waals surface area (Å²) < 4.78 is 9.86. The average molecular weight is 397 g/mol. The summed E-state index contributed by atoms with van der Waals surface area (Å²) in [5, 5.41) is 18.9. The van der Waals surface area contributed by atoms with Crippen molar-refractivity contribution in [3.05, 3.63) is 47.2 Å². The molecule has 1 heterocycles. The maximum atomic E-state index is 12.7. The van der Waals surface area contributed by atoms with Crippen molar-refractivity contribution in [2.45, 2.75) is 19.3 Å². The van der Waals surface area contributed by atoms with Crippen molar-refractivity contribution in [1.82, 2.24) is 0 Å². The number of hydrogen-bond donors (Lipinski definition) is 0. The van der Waals surface area contributed by atoms with Crippen LogP contribution in [0.3, 0.4) is 0 Å². The van der Waals surface area contributed by atoms with E-state index >= 15 is 0 Å². The molecule has 1 aromatic rings. The van der Waals surface area contributed by atoms with Gasteiger partial charge in [0.25, 0.3) is 0 Å². The SMILES string of the molecule is COC(=O)CSC1=NC(C)=C(C(=O)OCCC#N)C(c2ccccc2)C1C#N. The third-order valence-corrected chi connectivity index (χ3v) is 5.13. The van der Waals surface area contributed by atoms with Gasteiger partial charge < -0.3 is 9.47 Å². The van der Waals surface area contributed by atoms with Gasteiger partial charge in [-0.2, -0.15) is 10.5 Å². The van der Waals surface area contributed by atoms with Gasteiger partial charge in [-0.3, -0.25) is 4.79 Å². The largest absolute Gasteiger partial charge is 0.468 e. The fourth-order valence-electron chi connectivity index (χ4n) is 2.83. The number of hydrogen-bond acceptors (Lipinski definition) is 8. The van der Waals surface area contributed by atoms with Crippen LogP contribution in [0.25, 0.3) is 0 Å². The molecule has 0 aliphatic carbocycles. The Kier molecular flexibility index (Phi) is 7.79. The van der Waals surface area contributed by atoms with Gasteiger partial charge in [-0.05, 0) is 12.5 Å². The third kappa shape index (κ3) is 4.99. The van der Waals surface area contributed by atoms with Crippen LogP contribution in [0.5, 0.6) is 0 Å². The number of nitrogens with zero attached hydrogens (tertiary/aromatic N) is 3. The lowest BCUT2D eigenvalue weighted by Gasteiger charge is -2.29. The number of ether oxygens (including phenoxy) is 2. The topological polar surface area (TPSA) is 113 Å². The number of carbonyl (C=O) groups is 2. The van der Waals surface area contributed by atoms with Crippen molar-refractivity contribution in [2.75, 3.05) is 19.5 Å². The summed E-state index contributed by atoms with van der Waals surface area (Å²) in [4.78, 5) is 28.6. The van der Waals surface area contributed by atoms with Crippen LogP contribution in [0.2, 0.25) is 0 Å². The Labute approximate surface area is 167 Å². The van der Waals surface area contributed by atoms with E-state index in [0.29, 0.717) is 10.7 Å². The fourth-order valence-corrected chi connectivity index (χ4v) is 3.79. The quantitative estimate of drug-likeness (QED) is 0.536. The molecule has 2 atom stereocenters. The highest BCUT2D eigenvalue weighted by atomic mass is 32.2. The normalized spacial score (nSPS) is 18.5. The summed E-state index contributed by atoms with van der Waals surface area (Å²) in [7, 11) is 1.29. The van der Waals surface area contributed by atoms with Crippen molar-refractivity contribution in [2.24, 2.45) is 10.9 Å².